The average molecular weight is 319 g/mol. The average Bonchev–Trinajstić information content (AvgIpc) is 2.89. The molecule has 0 aliphatic carbocycles. The molecule has 116 valence electrons. The first kappa shape index (κ1) is 14.9. The minimum absolute atomic E-state index is 0.248. The maximum absolute atomic E-state index is 12.6. The van der Waals surface area contributed by atoms with Gasteiger partial charge in [0.1, 0.15) is 18.1 Å². The van der Waals surface area contributed by atoms with Gasteiger partial charge in [-0.15, -0.1) is 0 Å². The Morgan fingerprint density at radius 1 is 1.23 bits per heavy atom. The lowest BCUT2D eigenvalue weighted by atomic mass is 10.1. The van der Waals surface area contributed by atoms with Gasteiger partial charge < -0.3 is 9.47 Å². The van der Waals surface area contributed by atoms with Gasteiger partial charge in [0.15, 0.2) is 0 Å². The fraction of sp³-hybridized carbons (Fsp3) is 0.250. The summed E-state index contributed by atoms with van der Waals surface area (Å²) in [7, 11) is -2.08. The van der Waals surface area contributed by atoms with Gasteiger partial charge in [-0.3, -0.25) is 0 Å². The predicted octanol–water partition coefficient (Wildman–Crippen LogP) is 2.42. The molecule has 1 atom stereocenters. The molecule has 2 aromatic rings. The molecule has 1 aliphatic rings. The Kier molecular flexibility index (Phi) is 3.80. The van der Waals surface area contributed by atoms with Crippen molar-refractivity contribution in [2.45, 2.75) is 17.9 Å². The van der Waals surface area contributed by atoms with Crippen LogP contribution in [0, 0.1) is 6.92 Å². The van der Waals surface area contributed by atoms with E-state index in [-0.39, 0.29) is 10.9 Å². The maximum atomic E-state index is 12.6. The Morgan fingerprint density at radius 2 is 2.00 bits per heavy atom. The number of benzene rings is 2. The van der Waals surface area contributed by atoms with E-state index in [9.17, 15) is 8.42 Å². The first-order valence-corrected chi connectivity index (χ1v) is 8.38. The van der Waals surface area contributed by atoms with Crippen molar-refractivity contribution in [3.63, 3.8) is 0 Å². The minimum atomic E-state index is -3.63. The summed E-state index contributed by atoms with van der Waals surface area (Å²) in [5, 5.41) is 0. The third kappa shape index (κ3) is 2.67. The molecule has 5 nitrogen and oxygen atoms in total. The molecule has 2 aromatic carbocycles. The number of rotatable bonds is 4. The van der Waals surface area contributed by atoms with Gasteiger partial charge in [-0.05, 0) is 36.8 Å². The van der Waals surface area contributed by atoms with E-state index in [1.807, 2.05) is 24.3 Å². The smallest absolute Gasteiger partial charge is 0.241 e. The SMILES string of the molecule is COc1ccc(S(=O)(=O)NC2COc3ccccc32)c(C)c1. The third-order valence-electron chi connectivity index (χ3n) is 3.67. The van der Waals surface area contributed by atoms with Crippen LogP contribution in [0.25, 0.3) is 0 Å². The number of aryl methyl sites for hydroxylation is 1. The zero-order valence-electron chi connectivity index (χ0n) is 12.4. The molecule has 0 spiro atoms. The van der Waals surface area contributed by atoms with E-state index in [0.717, 1.165) is 11.3 Å². The van der Waals surface area contributed by atoms with Crippen molar-refractivity contribution in [1.82, 2.24) is 4.72 Å². The van der Waals surface area contributed by atoms with Crippen LogP contribution in [0.15, 0.2) is 47.4 Å². The fourth-order valence-corrected chi connectivity index (χ4v) is 3.99. The summed E-state index contributed by atoms with van der Waals surface area (Å²) < 4.78 is 38.6. The lowest BCUT2D eigenvalue weighted by Gasteiger charge is -2.14. The molecule has 0 bridgehead atoms. The quantitative estimate of drug-likeness (QED) is 0.940. The van der Waals surface area contributed by atoms with Crippen molar-refractivity contribution < 1.29 is 17.9 Å². The summed E-state index contributed by atoms with van der Waals surface area (Å²) in [4.78, 5) is 0.248. The minimum Gasteiger partial charge on any atom is -0.497 e. The predicted molar refractivity (Wildman–Crippen MR) is 82.7 cm³/mol. The van der Waals surface area contributed by atoms with Crippen LogP contribution in [0.4, 0.5) is 0 Å². The van der Waals surface area contributed by atoms with Gasteiger partial charge in [0.2, 0.25) is 10.0 Å². The third-order valence-corrected chi connectivity index (χ3v) is 5.30. The second-order valence-corrected chi connectivity index (χ2v) is 6.84. The van der Waals surface area contributed by atoms with Crippen molar-refractivity contribution in [2.24, 2.45) is 0 Å². The Labute approximate surface area is 129 Å². The van der Waals surface area contributed by atoms with Crippen LogP contribution in [0.1, 0.15) is 17.2 Å². The molecule has 0 saturated carbocycles. The number of ether oxygens (including phenoxy) is 2. The van der Waals surface area contributed by atoms with Gasteiger partial charge in [0.25, 0.3) is 0 Å². The summed E-state index contributed by atoms with van der Waals surface area (Å²) >= 11 is 0. The molecule has 1 N–H and O–H groups in total. The largest absolute Gasteiger partial charge is 0.497 e. The van der Waals surface area contributed by atoms with Crippen LogP contribution >= 0.6 is 0 Å². The normalized spacial score (nSPS) is 16.9. The lowest BCUT2D eigenvalue weighted by molar-refractivity contribution is 0.325. The van der Waals surface area contributed by atoms with E-state index in [1.54, 1.807) is 32.2 Å². The van der Waals surface area contributed by atoms with Crippen molar-refractivity contribution >= 4 is 10.0 Å². The maximum Gasteiger partial charge on any atom is 0.241 e. The molecular formula is C16H17NO4S. The molecule has 0 fully saturated rings. The number of methoxy groups -OCH3 is 1. The molecule has 0 radical (unpaired) electrons. The zero-order valence-corrected chi connectivity index (χ0v) is 13.2. The van der Waals surface area contributed by atoms with E-state index in [1.165, 1.54) is 0 Å². The van der Waals surface area contributed by atoms with E-state index in [4.69, 9.17) is 9.47 Å². The van der Waals surface area contributed by atoms with E-state index in [0.29, 0.717) is 17.9 Å². The first-order valence-electron chi connectivity index (χ1n) is 6.90. The fourth-order valence-electron chi connectivity index (χ4n) is 2.56. The zero-order chi connectivity index (χ0) is 15.7. The van der Waals surface area contributed by atoms with Gasteiger partial charge in [-0.1, -0.05) is 18.2 Å². The molecule has 3 rings (SSSR count). The second kappa shape index (κ2) is 5.62. The van der Waals surface area contributed by atoms with E-state index in [2.05, 4.69) is 4.72 Å². The molecule has 6 heteroatoms. The Balaban J connectivity index is 1.89. The standard InChI is InChI=1S/C16H17NO4S/c1-11-9-12(20-2)7-8-16(11)22(18,19)17-14-10-21-15-6-4-3-5-13(14)15/h3-9,14,17H,10H2,1-2H3. The van der Waals surface area contributed by atoms with Gasteiger partial charge in [0, 0.05) is 5.56 Å². The van der Waals surface area contributed by atoms with Crippen molar-refractivity contribution in [3.05, 3.63) is 53.6 Å². The lowest BCUT2D eigenvalue weighted by Crippen LogP contribution is -2.30. The molecular weight excluding hydrogens is 302 g/mol. The molecule has 1 unspecified atom stereocenters. The van der Waals surface area contributed by atoms with Gasteiger partial charge in [0.05, 0.1) is 18.0 Å². The monoisotopic (exact) mass is 319 g/mol. The number of sulfonamides is 1. The number of hydrogen-bond donors (Lipinski definition) is 1. The topological polar surface area (TPSA) is 64.6 Å². The Bertz CT molecular complexity index is 802. The van der Waals surface area contributed by atoms with Crippen molar-refractivity contribution in [2.75, 3.05) is 13.7 Å². The van der Waals surface area contributed by atoms with Crippen LogP contribution in [0.5, 0.6) is 11.5 Å². The summed E-state index contributed by atoms with van der Waals surface area (Å²) in [6.07, 6.45) is 0. The highest BCUT2D eigenvalue weighted by Gasteiger charge is 2.29. The van der Waals surface area contributed by atoms with Gasteiger partial charge in [-0.25, -0.2) is 13.1 Å². The van der Waals surface area contributed by atoms with Crippen LogP contribution < -0.4 is 14.2 Å². The first-order chi connectivity index (χ1) is 10.5. The van der Waals surface area contributed by atoms with Gasteiger partial charge in [-0.2, -0.15) is 0 Å². The van der Waals surface area contributed by atoms with Crippen molar-refractivity contribution in [3.8, 4) is 11.5 Å². The Hall–Kier alpha value is -2.05. The van der Waals surface area contributed by atoms with Crippen molar-refractivity contribution in [1.29, 1.82) is 0 Å². The summed E-state index contributed by atoms with van der Waals surface area (Å²) in [6.45, 7) is 2.05. The highest BCUT2D eigenvalue weighted by Crippen LogP contribution is 2.33. The highest BCUT2D eigenvalue weighted by molar-refractivity contribution is 7.89. The number of hydrogen-bond acceptors (Lipinski definition) is 4. The summed E-state index contributed by atoms with van der Waals surface area (Å²) in [5.41, 5.74) is 1.50. The molecule has 22 heavy (non-hydrogen) atoms. The molecule has 1 heterocycles. The number of para-hydroxylation sites is 1. The van der Waals surface area contributed by atoms with E-state index >= 15 is 0 Å². The molecule has 1 aliphatic heterocycles. The number of fused-ring (bicyclic) bond motifs is 1. The van der Waals surface area contributed by atoms with Crippen LogP contribution in [0.3, 0.4) is 0 Å². The van der Waals surface area contributed by atoms with Crippen LogP contribution in [-0.2, 0) is 10.0 Å². The summed E-state index contributed by atoms with van der Waals surface area (Å²) in [6, 6.07) is 12.0. The molecule has 0 amide bonds. The van der Waals surface area contributed by atoms with Gasteiger partial charge >= 0.3 is 0 Å². The van der Waals surface area contributed by atoms with Crippen LogP contribution in [0.2, 0.25) is 0 Å². The van der Waals surface area contributed by atoms with E-state index < -0.39 is 10.0 Å². The highest BCUT2D eigenvalue weighted by atomic mass is 32.2. The number of nitrogens with one attached hydrogen (secondary N) is 1. The molecule has 0 aromatic heterocycles. The summed E-state index contributed by atoms with van der Waals surface area (Å²) in [5.74, 6) is 1.35. The molecule has 0 saturated heterocycles. The second-order valence-electron chi connectivity index (χ2n) is 5.15. The Morgan fingerprint density at radius 3 is 2.73 bits per heavy atom. The van der Waals surface area contributed by atoms with Crippen LogP contribution in [-0.4, -0.2) is 22.1 Å².